The summed E-state index contributed by atoms with van der Waals surface area (Å²) in [6.07, 6.45) is 1.04. The Kier molecular flexibility index (Phi) is 3.24. The Morgan fingerprint density at radius 1 is 1.10 bits per heavy atom. The first kappa shape index (κ1) is 13.4. The SMILES string of the molecule is FC(F)(F)C1=Nc2c(ncnc2NCc2cncnc2)C1. The zero-order valence-electron chi connectivity index (χ0n) is 10.6. The van der Waals surface area contributed by atoms with Crippen molar-refractivity contribution in [2.45, 2.75) is 19.1 Å². The molecule has 6 nitrogen and oxygen atoms in total. The molecule has 3 rings (SSSR count). The van der Waals surface area contributed by atoms with Crippen molar-refractivity contribution in [1.82, 2.24) is 19.9 Å². The number of hydrogen-bond acceptors (Lipinski definition) is 6. The van der Waals surface area contributed by atoms with Crippen LogP contribution >= 0.6 is 0 Å². The first-order valence-corrected chi connectivity index (χ1v) is 6.00. The summed E-state index contributed by atoms with van der Waals surface area (Å²) >= 11 is 0. The fourth-order valence-corrected chi connectivity index (χ4v) is 1.90. The Morgan fingerprint density at radius 2 is 1.86 bits per heavy atom. The standard InChI is InChI=1S/C12H9F3N6/c13-12(14,15)9-1-8-10(21-9)11(20-6-19-8)18-4-7-2-16-5-17-3-7/h2-3,5-6H,1,4H2,(H,18,19,20). The smallest absolute Gasteiger partial charge is 0.364 e. The third-order valence-electron chi connectivity index (χ3n) is 2.88. The van der Waals surface area contributed by atoms with Gasteiger partial charge in [0.1, 0.15) is 24.1 Å². The van der Waals surface area contributed by atoms with Crippen LogP contribution in [0.4, 0.5) is 24.7 Å². The molecule has 3 heterocycles. The van der Waals surface area contributed by atoms with Crippen LogP contribution in [0, 0.1) is 0 Å². The van der Waals surface area contributed by atoms with E-state index in [2.05, 4.69) is 30.2 Å². The number of halogens is 3. The third-order valence-corrected chi connectivity index (χ3v) is 2.88. The Hall–Kier alpha value is -2.58. The van der Waals surface area contributed by atoms with Crippen molar-refractivity contribution in [1.29, 1.82) is 0 Å². The minimum absolute atomic E-state index is 0.140. The van der Waals surface area contributed by atoms with Crippen LogP contribution in [0.25, 0.3) is 0 Å². The molecular weight excluding hydrogens is 285 g/mol. The van der Waals surface area contributed by atoms with Gasteiger partial charge < -0.3 is 5.32 Å². The lowest BCUT2D eigenvalue weighted by molar-refractivity contribution is -0.0597. The minimum atomic E-state index is -4.45. The molecule has 1 aliphatic heterocycles. The van der Waals surface area contributed by atoms with Gasteiger partial charge in [-0.2, -0.15) is 13.2 Å². The molecule has 0 saturated carbocycles. The van der Waals surface area contributed by atoms with Gasteiger partial charge in [0.2, 0.25) is 0 Å². The zero-order chi connectivity index (χ0) is 14.9. The van der Waals surface area contributed by atoms with E-state index in [9.17, 15) is 13.2 Å². The molecule has 0 radical (unpaired) electrons. The molecule has 0 saturated heterocycles. The molecule has 0 bridgehead atoms. The fourth-order valence-electron chi connectivity index (χ4n) is 1.90. The second-order valence-electron chi connectivity index (χ2n) is 4.35. The Labute approximate surface area is 117 Å². The van der Waals surface area contributed by atoms with Gasteiger partial charge in [-0.15, -0.1) is 0 Å². The summed E-state index contributed by atoms with van der Waals surface area (Å²) in [7, 11) is 0. The van der Waals surface area contributed by atoms with Crippen LogP contribution in [0.2, 0.25) is 0 Å². The van der Waals surface area contributed by atoms with Crippen molar-refractivity contribution < 1.29 is 13.2 Å². The molecule has 108 valence electrons. The average Bonchev–Trinajstić information content (AvgIpc) is 2.91. The topological polar surface area (TPSA) is 76.0 Å². The molecule has 1 N–H and O–H groups in total. The Bertz CT molecular complexity index is 683. The fraction of sp³-hybridized carbons (Fsp3) is 0.250. The van der Waals surface area contributed by atoms with E-state index in [-0.39, 0.29) is 23.6 Å². The normalized spacial score (nSPS) is 13.8. The second kappa shape index (κ2) is 5.08. The van der Waals surface area contributed by atoms with E-state index in [0.717, 1.165) is 5.56 Å². The highest BCUT2D eigenvalue weighted by Crippen LogP contribution is 2.35. The number of aromatic nitrogens is 4. The number of fused-ring (bicyclic) bond motifs is 1. The lowest BCUT2D eigenvalue weighted by Crippen LogP contribution is -2.22. The van der Waals surface area contributed by atoms with E-state index < -0.39 is 11.9 Å². The summed E-state index contributed by atoms with van der Waals surface area (Å²) in [5, 5.41) is 2.93. The number of hydrogen-bond donors (Lipinski definition) is 1. The summed E-state index contributed by atoms with van der Waals surface area (Å²) in [5.74, 6) is 0.267. The molecule has 0 aromatic carbocycles. The van der Waals surface area contributed by atoms with Gasteiger partial charge in [-0.1, -0.05) is 0 Å². The van der Waals surface area contributed by atoms with Gasteiger partial charge in [0.05, 0.1) is 5.69 Å². The van der Waals surface area contributed by atoms with Crippen molar-refractivity contribution in [3.8, 4) is 0 Å². The monoisotopic (exact) mass is 294 g/mol. The maximum atomic E-state index is 12.7. The molecule has 0 fully saturated rings. The molecule has 2 aromatic heterocycles. The van der Waals surface area contributed by atoms with E-state index >= 15 is 0 Å². The summed E-state index contributed by atoms with van der Waals surface area (Å²) < 4.78 is 38.1. The molecule has 9 heteroatoms. The Morgan fingerprint density at radius 3 is 2.57 bits per heavy atom. The van der Waals surface area contributed by atoms with Crippen LogP contribution in [0.5, 0.6) is 0 Å². The van der Waals surface area contributed by atoms with Crippen LogP contribution in [0.15, 0.2) is 30.0 Å². The van der Waals surface area contributed by atoms with Crippen LogP contribution in [-0.2, 0) is 13.0 Å². The van der Waals surface area contributed by atoms with Gasteiger partial charge >= 0.3 is 6.18 Å². The lowest BCUT2D eigenvalue weighted by atomic mass is 10.2. The molecular formula is C12H9F3N6. The van der Waals surface area contributed by atoms with Gasteiger partial charge in [-0.25, -0.2) is 24.9 Å². The van der Waals surface area contributed by atoms with E-state index in [4.69, 9.17) is 0 Å². The summed E-state index contributed by atoms with van der Waals surface area (Å²) in [6, 6.07) is 0. The minimum Gasteiger partial charge on any atom is -0.364 e. The van der Waals surface area contributed by atoms with Crippen LogP contribution in [0.3, 0.4) is 0 Å². The highest BCUT2D eigenvalue weighted by molar-refractivity contribution is 5.99. The van der Waals surface area contributed by atoms with Crippen molar-refractivity contribution in [3.05, 3.63) is 36.3 Å². The molecule has 0 amide bonds. The van der Waals surface area contributed by atoms with Crippen LogP contribution in [-0.4, -0.2) is 31.8 Å². The first-order valence-electron chi connectivity index (χ1n) is 6.00. The summed E-state index contributed by atoms with van der Waals surface area (Å²) in [4.78, 5) is 19.1. The number of aliphatic imine (C=N–C) groups is 1. The highest BCUT2D eigenvalue weighted by atomic mass is 19.4. The van der Waals surface area contributed by atoms with Crippen molar-refractivity contribution in [2.24, 2.45) is 4.99 Å². The molecule has 0 spiro atoms. The van der Waals surface area contributed by atoms with Gasteiger partial charge in [-0.05, 0) is 0 Å². The number of anilines is 1. The van der Waals surface area contributed by atoms with E-state index in [1.807, 2.05) is 0 Å². The predicted molar refractivity (Wildman–Crippen MR) is 68.2 cm³/mol. The lowest BCUT2D eigenvalue weighted by Gasteiger charge is -2.07. The van der Waals surface area contributed by atoms with Crippen molar-refractivity contribution in [2.75, 3.05) is 5.32 Å². The summed E-state index contributed by atoms with van der Waals surface area (Å²) in [5.41, 5.74) is 0.331. The van der Waals surface area contributed by atoms with Gasteiger partial charge in [0.25, 0.3) is 0 Å². The van der Waals surface area contributed by atoms with Gasteiger partial charge in [0.15, 0.2) is 5.82 Å². The van der Waals surface area contributed by atoms with Crippen molar-refractivity contribution >= 4 is 17.2 Å². The van der Waals surface area contributed by atoms with Gasteiger partial charge in [0, 0.05) is 30.9 Å². The molecule has 2 aromatic rings. The number of alkyl halides is 3. The van der Waals surface area contributed by atoms with Crippen LogP contribution < -0.4 is 5.32 Å². The predicted octanol–water partition coefficient (Wildman–Crippen LogP) is 2.07. The summed E-state index contributed by atoms with van der Waals surface area (Å²) in [6.45, 7) is 0.334. The van der Waals surface area contributed by atoms with E-state index in [0.29, 0.717) is 6.54 Å². The highest BCUT2D eigenvalue weighted by Gasteiger charge is 2.39. The van der Waals surface area contributed by atoms with Crippen molar-refractivity contribution in [3.63, 3.8) is 0 Å². The molecule has 0 aliphatic carbocycles. The maximum absolute atomic E-state index is 12.7. The number of nitrogens with one attached hydrogen (secondary N) is 1. The van der Waals surface area contributed by atoms with Crippen LogP contribution in [0.1, 0.15) is 11.3 Å². The average molecular weight is 294 g/mol. The third kappa shape index (κ3) is 2.81. The zero-order valence-corrected chi connectivity index (χ0v) is 10.6. The first-order chi connectivity index (χ1) is 10.0. The largest absolute Gasteiger partial charge is 0.429 e. The van der Waals surface area contributed by atoms with E-state index in [1.54, 1.807) is 12.4 Å². The molecule has 21 heavy (non-hydrogen) atoms. The molecule has 0 unspecified atom stereocenters. The quantitative estimate of drug-likeness (QED) is 0.937. The number of nitrogens with zero attached hydrogens (tertiary/aromatic N) is 5. The molecule has 0 atom stereocenters. The van der Waals surface area contributed by atoms with Gasteiger partial charge in [-0.3, -0.25) is 0 Å². The van der Waals surface area contributed by atoms with E-state index in [1.165, 1.54) is 12.7 Å². The molecule has 1 aliphatic rings. The second-order valence-corrected chi connectivity index (χ2v) is 4.35. The number of rotatable bonds is 3. The maximum Gasteiger partial charge on any atom is 0.429 e. The Balaban J connectivity index is 1.83.